The van der Waals surface area contributed by atoms with Gasteiger partial charge < -0.3 is 5.11 Å². The van der Waals surface area contributed by atoms with Crippen LogP contribution in [0.3, 0.4) is 0 Å². The molecule has 0 spiro atoms. The zero-order valence-corrected chi connectivity index (χ0v) is 13.1. The van der Waals surface area contributed by atoms with E-state index in [0.717, 1.165) is 5.56 Å². The molecule has 0 aliphatic carbocycles. The Morgan fingerprint density at radius 2 is 1.95 bits per heavy atom. The summed E-state index contributed by atoms with van der Waals surface area (Å²) in [7, 11) is -3.66. The summed E-state index contributed by atoms with van der Waals surface area (Å²) in [6, 6.07) is 5.13. The molecule has 0 aromatic heterocycles. The normalized spacial score (nSPS) is 13.4. The summed E-state index contributed by atoms with van der Waals surface area (Å²) in [6.45, 7) is 7.06. The van der Waals surface area contributed by atoms with E-state index < -0.39 is 21.9 Å². The van der Waals surface area contributed by atoms with Crippen molar-refractivity contribution in [2.45, 2.75) is 32.6 Å². The highest BCUT2D eigenvalue weighted by Gasteiger charge is 2.27. The molecule has 6 heteroatoms. The van der Waals surface area contributed by atoms with Crippen LogP contribution in [0.25, 0.3) is 0 Å². The van der Waals surface area contributed by atoms with Crippen LogP contribution >= 0.6 is 0 Å². The van der Waals surface area contributed by atoms with Gasteiger partial charge in [0.15, 0.2) is 0 Å². The summed E-state index contributed by atoms with van der Waals surface area (Å²) in [5.41, 5.74) is 1.66. The quantitative estimate of drug-likeness (QED) is 0.872. The van der Waals surface area contributed by atoms with Crippen molar-refractivity contribution in [3.8, 4) is 0 Å². The number of carboxylic acid groups (broad SMARTS) is 1. The molecule has 1 aromatic rings. The monoisotopic (exact) mass is 299 g/mol. The van der Waals surface area contributed by atoms with Crippen LogP contribution in [0, 0.1) is 19.8 Å². The molecule has 5 nitrogen and oxygen atoms in total. The minimum absolute atomic E-state index is 0.0263. The van der Waals surface area contributed by atoms with Crippen LogP contribution in [0.2, 0.25) is 0 Å². The molecule has 1 atom stereocenters. The molecule has 1 rings (SSSR count). The van der Waals surface area contributed by atoms with Crippen LogP contribution < -0.4 is 0 Å². The van der Waals surface area contributed by atoms with E-state index >= 15 is 0 Å². The summed E-state index contributed by atoms with van der Waals surface area (Å²) in [5, 5.41) is 8.93. The molecule has 0 radical (unpaired) electrons. The summed E-state index contributed by atoms with van der Waals surface area (Å²) in [6.07, 6.45) is 0. The van der Waals surface area contributed by atoms with E-state index in [1.165, 1.54) is 11.2 Å². The van der Waals surface area contributed by atoms with E-state index in [2.05, 4.69) is 0 Å². The van der Waals surface area contributed by atoms with Crippen LogP contribution in [0.5, 0.6) is 0 Å². The number of aliphatic carboxylic acids is 1. The number of carbonyl (C=O) groups is 1. The van der Waals surface area contributed by atoms with Gasteiger partial charge in [-0.25, -0.2) is 8.42 Å². The lowest BCUT2D eigenvalue weighted by Crippen LogP contribution is -2.37. The average molecular weight is 299 g/mol. The third kappa shape index (κ3) is 3.58. The predicted octanol–water partition coefficient (Wildman–Crippen LogP) is 2.03. The number of aryl methyl sites for hydroxylation is 2. The summed E-state index contributed by atoms with van der Waals surface area (Å²) >= 11 is 0. The van der Waals surface area contributed by atoms with E-state index in [9.17, 15) is 13.2 Å². The molecular weight excluding hydrogens is 278 g/mol. The van der Waals surface area contributed by atoms with Gasteiger partial charge in [0.2, 0.25) is 10.0 Å². The van der Waals surface area contributed by atoms with E-state index in [1.54, 1.807) is 32.0 Å². The smallest absolute Gasteiger partial charge is 0.307 e. The molecule has 0 bridgehead atoms. The van der Waals surface area contributed by atoms with Crippen molar-refractivity contribution in [2.75, 3.05) is 13.1 Å². The Bertz CT molecular complexity index is 595. The van der Waals surface area contributed by atoms with Crippen LogP contribution in [-0.4, -0.2) is 36.9 Å². The first-order valence-corrected chi connectivity index (χ1v) is 7.94. The third-order valence-corrected chi connectivity index (χ3v) is 5.30. The number of hydrogen-bond acceptors (Lipinski definition) is 3. The fourth-order valence-electron chi connectivity index (χ4n) is 2.01. The van der Waals surface area contributed by atoms with Crippen molar-refractivity contribution in [2.24, 2.45) is 5.92 Å². The zero-order valence-electron chi connectivity index (χ0n) is 12.3. The second-order valence-electron chi connectivity index (χ2n) is 4.96. The highest BCUT2D eigenvalue weighted by atomic mass is 32.2. The minimum atomic E-state index is -3.66. The number of rotatable bonds is 6. The molecule has 0 saturated carbocycles. The van der Waals surface area contributed by atoms with Crippen molar-refractivity contribution in [3.63, 3.8) is 0 Å². The third-order valence-electron chi connectivity index (χ3n) is 3.20. The molecule has 112 valence electrons. The van der Waals surface area contributed by atoms with Gasteiger partial charge in [-0.15, -0.1) is 0 Å². The van der Waals surface area contributed by atoms with Gasteiger partial charge in [0.25, 0.3) is 0 Å². The number of hydrogen-bond donors (Lipinski definition) is 1. The maximum atomic E-state index is 12.6. The van der Waals surface area contributed by atoms with Crippen molar-refractivity contribution in [1.29, 1.82) is 0 Å². The Morgan fingerprint density at radius 3 is 2.40 bits per heavy atom. The maximum absolute atomic E-state index is 12.6. The van der Waals surface area contributed by atoms with Crippen molar-refractivity contribution >= 4 is 16.0 Å². The molecule has 0 aliphatic heterocycles. The highest BCUT2D eigenvalue weighted by molar-refractivity contribution is 7.89. The molecule has 0 fully saturated rings. The molecule has 0 saturated heterocycles. The second kappa shape index (κ2) is 6.37. The molecule has 0 aliphatic rings. The van der Waals surface area contributed by atoms with Gasteiger partial charge in [0.05, 0.1) is 10.8 Å². The maximum Gasteiger partial charge on any atom is 0.307 e. The number of carboxylic acids is 1. The Kier molecular flexibility index (Phi) is 5.30. The van der Waals surface area contributed by atoms with Gasteiger partial charge in [-0.1, -0.05) is 31.5 Å². The Balaban J connectivity index is 3.15. The predicted molar refractivity (Wildman–Crippen MR) is 77.1 cm³/mol. The Labute approximate surface area is 120 Å². The first-order chi connectivity index (χ1) is 9.20. The molecular formula is C14H21NO4S. The van der Waals surface area contributed by atoms with Crippen molar-refractivity contribution < 1.29 is 18.3 Å². The zero-order chi connectivity index (χ0) is 15.5. The first kappa shape index (κ1) is 16.7. The van der Waals surface area contributed by atoms with Crippen LogP contribution in [0.4, 0.5) is 0 Å². The lowest BCUT2D eigenvalue weighted by Gasteiger charge is -2.23. The summed E-state index contributed by atoms with van der Waals surface area (Å²) in [4.78, 5) is 11.1. The number of nitrogens with zero attached hydrogens (tertiary/aromatic N) is 1. The minimum Gasteiger partial charge on any atom is -0.481 e. The SMILES string of the molecule is CCN(CC(C)C(=O)O)S(=O)(=O)c1ccc(C)cc1C. The van der Waals surface area contributed by atoms with E-state index in [4.69, 9.17) is 5.11 Å². The first-order valence-electron chi connectivity index (χ1n) is 6.50. The van der Waals surface area contributed by atoms with E-state index in [-0.39, 0.29) is 18.0 Å². The summed E-state index contributed by atoms with van der Waals surface area (Å²) < 4.78 is 26.4. The Hall–Kier alpha value is -1.40. The molecule has 0 heterocycles. The lowest BCUT2D eigenvalue weighted by molar-refractivity contribution is -0.141. The van der Waals surface area contributed by atoms with Gasteiger partial charge in [-0.05, 0) is 25.5 Å². The van der Waals surface area contributed by atoms with Crippen LogP contribution in [0.1, 0.15) is 25.0 Å². The van der Waals surface area contributed by atoms with Gasteiger partial charge >= 0.3 is 5.97 Å². The van der Waals surface area contributed by atoms with Crippen molar-refractivity contribution in [1.82, 2.24) is 4.31 Å². The standard InChI is InChI=1S/C14H21NO4S/c1-5-15(9-12(4)14(16)17)20(18,19)13-7-6-10(2)8-11(13)3/h6-8,12H,5,9H2,1-4H3,(H,16,17). The second-order valence-corrected chi connectivity index (χ2v) is 6.87. The van der Waals surface area contributed by atoms with E-state index in [0.29, 0.717) is 5.56 Å². The van der Waals surface area contributed by atoms with Gasteiger partial charge in [0.1, 0.15) is 0 Å². The molecule has 0 amide bonds. The molecule has 1 aromatic carbocycles. The fraction of sp³-hybridized carbons (Fsp3) is 0.500. The van der Waals surface area contributed by atoms with Gasteiger partial charge in [0, 0.05) is 13.1 Å². The van der Waals surface area contributed by atoms with Crippen LogP contribution in [-0.2, 0) is 14.8 Å². The summed E-state index contributed by atoms with van der Waals surface area (Å²) in [5.74, 6) is -1.74. The Morgan fingerprint density at radius 1 is 1.35 bits per heavy atom. The number of benzene rings is 1. The van der Waals surface area contributed by atoms with Crippen LogP contribution in [0.15, 0.2) is 23.1 Å². The average Bonchev–Trinajstić information content (AvgIpc) is 2.34. The lowest BCUT2D eigenvalue weighted by atomic mass is 10.2. The van der Waals surface area contributed by atoms with Gasteiger partial charge in [-0.2, -0.15) is 4.31 Å². The highest BCUT2D eigenvalue weighted by Crippen LogP contribution is 2.21. The topological polar surface area (TPSA) is 74.7 Å². The molecule has 1 unspecified atom stereocenters. The molecule has 1 N–H and O–H groups in total. The largest absolute Gasteiger partial charge is 0.481 e. The van der Waals surface area contributed by atoms with Gasteiger partial charge in [-0.3, -0.25) is 4.79 Å². The van der Waals surface area contributed by atoms with Crippen molar-refractivity contribution in [3.05, 3.63) is 29.3 Å². The number of sulfonamides is 1. The van der Waals surface area contributed by atoms with E-state index in [1.807, 2.05) is 6.92 Å². The fourth-order valence-corrected chi connectivity index (χ4v) is 3.75. The molecule has 20 heavy (non-hydrogen) atoms.